The van der Waals surface area contributed by atoms with Crippen molar-refractivity contribution in [1.29, 1.82) is 5.26 Å². The van der Waals surface area contributed by atoms with Gasteiger partial charge in [-0.25, -0.2) is 14.2 Å². The minimum atomic E-state index is -0.802. The maximum absolute atomic E-state index is 14.1. The van der Waals surface area contributed by atoms with Gasteiger partial charge in [-0.2, -0.15) is 5.26 Å². The quantitative estimate of drug-likeness (QED) is 0.769. The molecule has 1 aliphatic heterocycles. The number of nitriles is 1. The highest BCUT2D eigenvalue weighted by atomic mass is 19.1. The zero-order valence-electron chi connectivity index (χ0n) is 15.7. The average molecular weight is 398 g/mol. The second-order valence-corrected chi connectivity index (χ2v) is 6.49. The van der Waals surface area contributed by atoms with E-state index in [-0.39, 0.29) is 22.9 Å². The van der Waals surface area contributed by atoms with Gasteiger partial charge < -0.3 is 20.1 Å². The standard InChI is InChI=1S/C20H19FN4O4/c1-28-17-9-18(25-6-4-14(5-7-25)29-20(23)27)24-19(15(17)11-26)12-2-3-13(10-22)16(21)8-12/h2-3,8-9,11,14H,4-7H2,1H3,(H2,23,27). The molecule has 1 saturated heterocycles. The fourth-order valence-corrected chi connectivity index (χ4v) is 3.30. The summed E-state index contributed by atoms with van der Waals surface area (Å²) in [4.78, 5) is 29.1. The third kappa shape index (κ3) is 4.27. The molecule has 150 valence electrons. The van der Waals surface area contributed by atoms with Crippen molar-refractivity contribution in [2.75, 3.05) is 25.1 Å². The Kier molecular flexibility index (Phi) is 5.93. The topological polar surface area (TPSA) is 119 Å². The van der Waals surface area contributed by atoms with E-state index in [4.69, 9.17) is 20.5 Å². The maximum atomic E-state index is 14.1. The Labute approximate surface area is 166 Å². The molecule has 9 heteroatoms. The summed E-state index contributed by atoms with van der Waals surface area (Å²) in [5.74, 6) is 0.155. The summed E-state index contributed by atoms with van der Waals surface area (Å²) in [6.45, 7) is 1.10. The fraction of sp³-hybridized carbons (Fsp3) is 0.300. The number of methoxy groups -OCH3 is 1. The number of carbonyl (C=O) groups excluding carboxylic acids is 2. The molecule has 0 bridgehead atoms. The summed E-state index contributed by atoms with van der Waals surface area (Å²) in [7, 11) is 1.43. The summed E-state index contributed by atoms with van der Waals surface area (Å²) in [6.07, 6.45) is 0.691. The molecule has 1 aliphatic rings. The van der Waals surface area contributed by atoms with Crippen molar-refractivity contribution < 1.29 is 23.5 Å². The molecular weight excluding hydrogens is 379 g/mol. The number of nitrogens with zero attached hydrogens (tertiary/aromatic N) is 3. The summed E-state index contributed by atoms with van der Waals surface area (Å²) in [6, 6.07) is 7.45. The van der Waals surface area contributed by atoms with Crippen molar-refractivity contribution in [2.24, 2.45) is 5.73 Å². The average Bonchev–Trinajstić information content (AvgIpc) is 2.72. The van der Waals surface area contributed by atoms with E-state index in [0.717, 1.165) is 0 Å². The molecule has 0 atom stereocenters. The zero-order chi connectivity index (χ0) is 21.0. The minimum absolute atomic E-state index is 0.0963. The van der Waals surface area contributed by atoms with Crippen molar-refractivity contribution in [2.45, 2.75) is 18.9 Å². The number of anilines is 1. The molecule has 0 aliphatic carbocycles. The number of ether oxygens (including phenoxy) is 2. The van der Waals surface area contributed by atoms with Gasteiger partial charge in [-0.1, -0.05) is 6.07 Å². The summed E-state index contributed by atoms with van der Waals surface area (Å²) < 4.78 is 24.5. The van der Waals surface area contributed by atoms with Gasteiger partial charge in [0, 0.05) is 37.6 Å². The molecule has 0 radical (unpaired) electrons. The normalized spacial score (nSPS) is 14.2. The Bertz CT molecular complexity index is 981. The predicted octanol–water partition coefficient (Wildman–Crippen LogP) is 2.64. The number of hydrogen-bond donors (Lipinski definition) is 1. The van der Waals surface area contributed by atoms with E-state index < -0.39 is 11.9 Å². The van der Waals surface area contributed by atoms with E-state index in [1.807, 2.05) is 4.90 Å². The molecule has 1 aromatic heterocycles. The largest absolute Gasteiger partial charge is 0.496 e. The van der Waals surface area contributed by atoms with Gasteiger partial charge in [0.2, 0.25) is 0 Å². The molecule has 2 N–H and O–H groups in total. The van der Waals surface area contributed by atoms with Crippen LogP contribution >= 0.6 is 0 Å². The van der Waals surface area contributed by atoms with Crippen molar-refractivity contribution in [3.05, 3.63) is 41.2 Å². The van der Waals surface area contributed by atoms with Gasteiger partial charge in [0.1, 0.15) is 29.6 Å². The molecule has 3 rings (SSSR count). The van der Waals surface area contributed by atoms with Gasteiger partial charge in [-0.15, -0.1) is 0 Å². The van der Waals surface area contributed by atoms with Gasteiger partial charge in [0.15, 0.2) is 6.29 Å². The number of rotatable bonds is 5. The number of aromatic nitrogens is 1. The molecule has 29 heavy (non-hydrogen) atoms. The molecule has 1 fully saturated rings. The van der Waals surface area contributed by atoms with Crippen molar-refractivity contribution in [3.63, 3.8) is 0 Å². The monoisotopic (exact) mass is 398 g/mol. The highest BCUT2D eigenvalue weighted by molar-refractivity contribution is 5.90. The van der Waals surface area contributed by atoms with Gasteiger partial charge in [-0.05, 0) is 12.1 Å². The van der Waals surface area contributed by atoms with E-state index in [1.165, 1.54) is 25.3 Å². The zero-order valence-corrected chi connectivity index (χ0v) is 15.7. The highest BCUT2D eigenvalue weighted by Gasteiger charge is 2.25. The number of nitrogens with two attached hydrogens (primary N) is 1. The van der Waals surface area contributed by atoms with Gasteiger partial charge in [0.25, 0.3) is 0 Å². The minimum Gasteiger partial charge on any atom is -0.496 e. The van der Waals surface area contributed by atoms with Crippen molar-refractivity contribution in [3.8, 4) is 23.1 Å². The van der Waals surface area contributed by atoms with Crippen LogP contribution in [0.25, 0.3) is 11.3 Å². The third-order valence-electron chi connectivity index (χ3n) is 4.76. The van der Waals surface area contributed by atoms with Crippen LogP contribution < -0.4 is 15.4 Å². The van der Waals surface area contributed by atoms with Crippen LogP contribution in [-0.4, -0.2) is 43.7 Å². The van der Waals surface area contributed by atoms with Crippen LogP contribution in [0.2, 0.25) is 0 Å². The number of amides is 1. The molecule has 2 heterocycles. The number of aldehydes is 1. The van der Waals surface area contributed by atoms with Crippen LogP contribution in [0, 0.1) is 17.1 Å². The van der Waals surface area contributed by atoms with E-state index in [0.29, 0.717) is 49.3 Å². The Morgan fingerprint density at radius 3 is 2.66 bits per heavy atom. The van der Waals surface area contributed by atoms with Crippen LogP contribution in [0.15, 0.2) is 24.3 Å². The highest BCUT2D eigenvalue weighted by Crippen LogP contribution is 2.33. The molecule has 1 aromatic carbocycles. The maximum Gasteiger partial charge on any atom is 0.404 e. The predicted molar refractivity (Wildman–Crippen MR) is 102 cm³/mol. The first-order chi connectivity index (χ1) is 14.0. The number of benzene rings is 1. The van der Waals surface area contributed by atoms with E-state index in [1.54, 1.807) is 12.1 Å². The number of piperidine rings is 1. The molecule has 2 aromatic rings. The number of pyridine rings is 1. The fourth-order valence-electron chi connectivity index (χ4n) is 3.30. The molecular formula is C20H19FN4O4. The lowest BCUT2D eigenvalue weighted by Crippen LogP contribution is -2.39. The molecule has 0 unspecified atom stereocenters. The number of primary amides is 1. The van der Waals surface area contributed by atoms with Crippen LogP contribution in [0.1, 0.15) is 28.8 Å². The SMILES string of the molecule is COc1cc(N2CCC(OC(N)=O)CC2)nc(-c2ccc(C#N)c(F)c2)c1C=O. The number of halogens is 1. The Hall–Kier alpha value is -3.67. The summed E-state index contributed by atoms with van der Waals surface area (Å²) in [5.41, 5.74) is 5.77. The number of carbonyl (C=O) groups is 2. The molecule has 1 amide bonds. The first-order valence-corrected chi connectivity index (χ1v) is 8.92. The Morgan fingerprint density at radius 1 is 1.38 bits per heavy atom. The Balaban J connectivity index is 1.97. The first kappa shape index (κ1) is 20.1. The lowest BCUT2D eigenvalue weighted by atomic mass is 10.0. The number of hydrogen-bond acceptors (Lipinski definition) is 7. The van der Waals surface area contributed by atoms with E-state index >= 15 is 0 Å². The lowest BCUT2D eigenvalue weighted by molar-refractivity contribution is 0.0911. The van der Waals surface area contributed by atoms with Crippen LogP contribution in [-0.2, 0) is 4.74 Å². The van der Waals surface area contributed by atoms with E-state index in [9.17, 15) is 14.0 Å². The second-order valence-electron chi connectivity index (χ2n) is 6.49. The van der Waals surface area contributed by atoms with Crippen LogP contribution in [0.4, 0.5) is 15.0 Å². The third-order valence-corrected chi connectivity index (χ3v) is 4.76. The summed E-state index contributed by atoms with van der Waals surface area (Å²) in [5, 5.41) is 8.93. The first-order valence-electron chi connectivity index (χ1n) is 8.92. The van der Waals surface area contributed by atoms with Gasteiger partial charge >= 0.3 is 6.09 Å². The molecule has 0 saturated carbocycles. The lowest BCUT2D eigenvalue weighted by Gasteiger charge is -2.32. The smallest absolute Gasteiger partial charge is 0.404 e. The summed E-state index contributed by atoms with van der Waals surface area (Å²) >= 11 is 0. The molecule has 0 spiro atoms. The van der Waals surface area contributed by atoms with Gasteiger partial charge in [-0.3, -0.25) is 4.79 Å². The van der Waals surface area contributed by atoms with Gasteiger partial charge in [0.05, 0.1) is 23.9 Å². The second kappa shape index (κ2) is 8.56. The van der Waals surface area contributed by atoms with Crippen LogP contribution in [0.3, 0.4) is 0 Å². The van der Waals surface area contributed by atoms with E-state index in [2.05, 4.69) is 4.98 Å². The van der Waals surface area contributed by atoms with Crippen molar-refractivity contribution in [1.82, 2.24) is 4.98 Å². The Morgan fingerprint density at radius 2 is 2.10 bits per heavy atom. The molecule has 8 nitrogen and oxygen atoms in total. The van der Waals surface area contributed by atoms with Crippen molar-refractivity contribution >= 4 is 18.2 Å². The van der Waals surface area contributed by atoms with Crippen LogP contribution in [0.5, 0.6) is 5.75 Å².